The van der Waals surface area contributed by atoms with E-state index >= 15 is 0 Å². The molecule has 6 nitrogen and oxygen atoms in total. The van der Waals surface area contributed by atoms with Crippen LogP contribution in [0.3, 0.4) is 0 Å². The van der Waals surface area contributed by atoms with Gasteiger partial charge in [-0.2, -0.15) is 0 Å². The maximum Gasteiger partial charge on any atom is 0.306 e. The fourth-order valence-corrected chi connectivity index (χ4v) is 2.37. The third kappa shape index (κ3) is 5.34. The number of carbonyl (C=O) groups excluding carboxylic acids is 1. The first-order valence-electron chi connectivity index (χ1n) is 6.33. The Morgan fingerprint density at radius 3 is 2.79 bits per heavy atom. The molecule has 1 rings (SSSR count). The number of nitrogens with zero attached hydrogens (tertiary/aromatic N) is 2. The molecule has 1 heterocycles. The Hall–Kier alpha value is -1.50. The van der Waals surface area contributed by atoms with Gasteiger partial charge in [0.25, 0.3) is 0 Å². The lowest BCUT2D eigenvalue weighted by atomic mass is 9.87. The minimum Gasteiger partial charge on any atom is -0.481 e. The predicted molar refractivity (Wildman–Crippen MR) is 73.0 cm³/mol. The smallest absolute Gasteiger partial charge is 0.306 e. The van der Waals surface area contributed by atoms with Crippen molar-refractivity contribution < 1.29 is 14.7 Å². The van der Waals surface area contributed by atoms with Crippen molar-refractivity contribution >= 4 is 28.3 Å². The number of carboxylic acids is 1. The highest BCUT2D eigenvalue weighted by molar-refractivity contribution is 7.13. The largest absolute Gasteiger partial charge is 0.481 e. The van der Waals surface area contributed by atoms with Gasteiger partial charge in [0.2, 0.25) is 11.0 Å². The number of amides is 1. The number of nitrogens with one attached hydrogen (secondary N) is 1. The molecule has 0 fully saturated rings. The van der Waals surface area contributed by atoms with Gasteiger partial charge in [0.05, 0.1) is 5.92 Å². The Bertz CT molecular complexity index is 408. The number of carboxylic acid groups (broad SMARTS) is 1. The van der Waals surface area contributed by atoms with Gasteiger partial charge in [-0.3, -0.25) is 9.59 Å². The molecule has 2 atom stereocenters. The van der Waals surface area contributed by atoms with Gasteiger partial charge in [-0.25, -0.2) is 0 Å². The fourth-order valence-electron chi connectivity index (χ4n) is 1.91. The van der Waals surface area contributed by atoms with Crippen molar-refractivity contribution in [2.24, 2.45) is 11.8 Å². The molecular formula is C12H19N3O3S. The Morgan fingerprint density at radius 2 is 2.26 bits per heavy atom. The second kappa shape index (κ2) is 7.83. The highest BCUT2D eigenvalue weighted by Gasteiger charge is 2.26. The zero-order valence-corrected chi connectivity index (χ0v) is 11.9. The lowest BCUT2D eigenvalue weighted by Crippen LogP contribution is -2.26. The minimum absolute atomic E-state index is 0.181. The topological polar surface area (TPSA) is 92.2 Å². The Labute approximate surface area is 116 Å². The average molecular weight is 285 g/mol. The van der Waals surface area contributed by atoms with Crippen molar-refractivity contribution in [1.29, 1.82) is 0 Å². The SMILES string of the molecule is CCCC[C@@H](C(=O)O)[C@H](C)CC(=O)Nc1nncs1. The first kappa shape index (κ1) is 15.6. The molecule has 1 aromatic heterocycles. The maximum absolute atomic E-state index is 11.8. The van der Waals surface area contributed by atoms with E-state index in [1.807, 2.05) is 6.92 Å². The molecule has 1 aromatic rings. The summed E-state index contributed by atoms with van der Waals surface area (Å²) in [5.41, 5.74) is 1.53. The molecule has 0 spiro atoms. The zero-order chi connectivity index (χ0) is 14.3. The molecule has 7 heteroatoms. The summed E-state index contributed by atoms with van der Waals surface area (Å²) >= 11 is 1.24. The van der Waals surface area contributed by atoms with E-state index in [2.05, 4.69) is 15.5 Å². The van der Waals surface area contributed by atoms with E-state index in [1.54, 1.807) is 6.92 Å². The summed E-state index contributed by atoms with van der Waals surface area (Å²) < 4.78 is 0. The van der Waals surface area contributed by atoms with Gasteiger partial charge in [0.15, 0.2) is 0 Å². The molecule has 0 saturated carbocycles. The van der Waals surface area contributed by atoms with E-state index in [1.165, 1.54) is 16.8 Å². The molecule has 0 aliphatic heterocycles. The molecule has 0 saturated heterocycles. The summed E-state index contributed by atoms with van der Waals surface area (Å²) in [6.07, 6.45) is 2.60. The summed E-state index contributed by atoms with van der Waals surface area (Å²) in [6.45, 7) is 3.82. The molecule has 2 N–H and O–H groups in total. The van der Waals surface area contributed by atoms with Crippen LogP contribution in [0.1, 0.15) is 39.5 Å². The molecule has 1 amide bonds. The first-order valence-corrected chi connectivity index (χ1v) is 7.21. The number of anilines is 1. The highest BCUT2D eigenvalue weighted by Crippen LogP contribution is 2.22. The average Bonchev–Trinajstić information content (AvgIpc) is 2.81. The quantitative estimate of drug-likeness (QED) is 0.765. The van der Waals surface area contributed by atoms with Crippen LogP contribution in [-0.2, 0) is 9.59 Å². The van der Waals surface area contributed by atoms with Crippen molar-refractivity contribution in [2.45, 2.75) is 39.5 Å². The third-order valence-electron chi connectivity index (χ3n) is 2.99. The second-order valence-electron chi connectivity index (χ2n) is 4.56. The van der Waals surface area contributed by atoms with Crippen LogP contribution in [0.15, 0.2) is 5.51 Å². The number of aromatic nitrogens is 2. The molecule has 0 aliphatic carbocycles. The number of aliphatic carboxylic acids is 1. The fraction of sp³-hybridized carbons (Fsp3) is 0.667. The van der Waals surface area contributed by atoms with Crippen LogP contribution in [0.4, 0.5) is 5.13 Å². The molecule has 106 valence electrons. The van der Waals surface area contributed by atoms with Crippen LogP contribution in [0.5, 0.6) is 0 Å². The van der Waals surface area contributed by atoms with E-state index in [-0.39, 0.29) is 18.2 Å². The van der Waals surface area contributed by atoms with E-state index in [0.29, 0.717) is 11.6 Å². The third-order valence-corrected chi connectivity index (χ3v) is 3.59. The van der Waals surface area contributed by atoms with Gasteiger partial charge < -0.3 is 10.4 Å². The van der Waals surface area contributed by atoms with Crippen LogP contribution in [-0.4, -0.2) is 27.2 Å². The van der Waals surface area contributed by atoms with Gasteiger partial charge in [-0.1, -0.05) is 38.0 Å². The molecule has 0 aromatic carbocycles. The van der Waals surface area contributed by atoms with Gasteiger partial charge in [0, 0.05) is 6.42 Å². The molecule has 0 unspecified atom stereocenters. The standard InChI is InChI=1S/C12H19N3O3S/c1-3-4-5-9(11(17)18)8(2)6-10(16)14-12-15-13-7-19-12/h7-9H,3-6H2,1-2H3,(H,17,18)(H,14,15,16)/t8-,9-/m1/s1. The number of unbranched alkanes of at least 4 members (excludes halogenated alkanes) is 1. The molecule has 0 radical (unpaired) electrons. The molecule has 0 aliphatic rings. The summed E-state index contributed by atoms with van der Waals surface area (Å²) in [5.74, 6) is -1.71. The van der Waals surface area contributed by atoms with Crippen LogP contribution < -0.4 is 5.32 Å². The summed E-state index contributed by atoms with van der Waals surface area (Å²) in [4.78, 5) is 22.9. The van der Waals surface area contributed by atoms with E-state index in [0.717, 1.165) is 12.8 Å². The Morgan fingerprint density at radius 1 is 1.53 bits per heavy atom. The van der Waals surface area contributed by atoms with Crippen molar-refractivity contribution in [3.8, 4) is 0 Å². The molecular weight excluding hydrogens is 266 g/mol. The summed E-state index contributed by atoms with van der Waals surface area (Å²) in [7, 11) is 0. The van der Waals surface area contributed by atoms with Crippen LogP contribution >= 0.6 is 11.3 Å². The van der Waals surface area contributed by atoms with Gasteiger partial charge in [0.1, 0.15) is 5.51 Å². The number of carbonyl (C=O) groups is 2. The lowest BCUT2D eigenvalue weighted by Gasteiger charge is -2.19. The Kier molecular flexibility index (Phi) is 6.41. The molecule has 19 heavy (non-hydrogen) atoms. The zero-order valence-electron chi connectivity index (χ0n) is 11.1. The summed E-state index contributed by atoms with van der Waals surface area (Å²) in [6, 6.07) is 0. The Balaban J connectivity index is 2.48. The van der Waals surface area contributed by atoms with E-state index < -0.39 is 11.9 Å². The van der Waals surface area contributed by atoms with Crippen LogP contribution in [0, 0.1) is 11.8 Å². The van der Waals surface area contributed by atoms with Gasteiger partial charge in [-0.15, -0.1) is 10.2 Å². The highest BCUT2D eigenvalue weighted by atomic mass is 32.1. The summed E-state index contributed by atoms with van der Waals surface area (Å²) in [5, 5.41) is 19.6. The lowest BCUT2D eigenvalue weighted by molar-refractivity contribution is -0.144. The molecule has 0 bridgehead atoms. The van der Waals surface area contributed by atoms with E-state index in [9.17, 15) is 14.7 Å². The van der Waals surface area contributed by atoms with E-state index in [4.69, 9.17) is 0 Å². The normalized spacial score (nSPS) is 13.8. The van der Waals surface area contributed by atoms with Crippen molar-refractivity contribution in [2.75, 3.05) is 5.32 Å². The van der Waals surface area contributed by atoms with Gasteiger partial charge >= 0.3 is 5.97 Å². The monoisotopic (exact) mass is 285 g/mol. The van der Waals surface area contributed by atoms with Crippen molar-refractivity contribution in [3.63, 3.8) is 0 Å². The first-order chi connectivity index (χ1) is 9.04. The minimum atomic E-state index is -0.829. The van der Waals surface area contributed by atoms with Crippen molar-refractivity contribution in [1.82, 2.24) is 10.2 Å². The number of rotatable bonds is 8. The van der Waals surface area contributed by atoms with Crippen molar-refractivity contribution in [3.05, 3.63) is 5.51 Å². The predicted octanol–water partition coefficient (Wildman–Crippen LogP) is 2.39. The number of hydrogen-bond acceptors (Lipinski definition) is 5. The van der Waals surface area contributed by atoms with Crippen LogP contribution in [0.2, 0.25) is 0 Å². The maximum atomic E-state index is 11.8. The van der Waals surface area contributed by atoms with Gasteiger partial charge in [-0.05, 0) is 12.3 Å². The van der Waals surface area contributed by atoms with Crippen LogP contribution in [0.25, 0.3) is 0 Å². The number of hydrogen-bond donors (Lipinski definition) is 2. The second-order valence-corrected chi connectivity index (χ2v) is 5.39.